The van der Waals surface area contributed by atoms with Crippen molar-refractivity contribution in [1.29, 1.82) is 0 Å². The van der Waals surface area contributed by atoms with E-state index in [1.807, 2.05) is 35.2 Å². The molecule has 0 aromatic heterocycles. The van der Waals surface area contributed by atoms with Crippen LogP contribution in [0, 0.1) is 0 Å². The summed E-state index contributed by atoms with van der Waals surface area (Å²) in [6.07, 6.45) is 2.98. The lowest BCUT2D eigenvalue weighted by Crippen LogP contribution is -2.43. The number of hydrogen-bond acceptors (Lipinski definition) is 2. The van der Waals surface area contributed by atoms with Gasteiger partial charge in [-0.3, -0.25) is 0 Å². The van der Waals surface area contributed by atoms with Crippen LogP contribution in [0.4, 0.5) is 16.2 Å². The number of benzene rings is 3. The van der Waals surface area contributed by atoms with Gasteiger partial charge < -0.3 is 15.1 Å². The van der Waals surface area contributed by atoms with Gasteiger partial charge in [-0.25, -0.2) is 4.79 Å². The highest BCUT2D eigenvalue weighted by Gasteiger charge is 2.31. The van der Waals surface area contributed by atoms with Crippen LogP contribution >= 0.6 is 0 Å². The summed E-state index contributed by atoms with van der Waals surface area (Å²) < 4.78 is 0. The van der Waals surface area contributed by atoms with Crippen LogP contribution in [0.15, 0.2) is 84.9 Å². The minimum Gasteiger partial charge on any atom is -0.367 e. The third-order valence-electron chi connectivity index (χ3n) is 5.94. The molecule has 0 spiro atoms. The van der Waals surface area contributed by atoms with E-state index in [-0.39, 0.29) is 12.1 Å². The maximum absolute atomic E-state index is 13.3. The van der Waals surface area contributed by atoms with Crippen molar-refractivity contribution in [3.05, 3.63) is 96.1 Å². The van der Waals surface area contributed by atoms with Crippen molar-refractivity contribution in [2.45, 2.75) is 38.8 Å². The molecule has 0 bridgehead atoms. The summed E-state index contributed by atoms with van der Waals surface area (Å²) in [7, 11) is 0. The maximum Gasteiger partial charge on any atom is 0.322 e. The Morgan fingerprint density at radius 1 is 0.968 bits per heavy atom. The Bertz CT molecular complexity index is 974. The van der Waals surface area contributed by atoms with E-state index in [2.05, 4.69) is 71.7 Å². The standard InChI is InChI=1S/C27H31N3O/c1-2-3-19-30(27(31)28-23-14-8-5-9-15-23)26-18-20-29(21-22-12-6-4-7-13-22)25-17-11-10-16-24(25)26/h4-17,26H,2-3,18-21H2,1H3,(H,28,31). The first-order valence-corrected chi connectivity index (χ1v) is 11.3. The van der Waals surface area contributed by atoms with Gasteiger partial charge in [-0.2, -0.15) is 0 Å². The molecule has 1 aliphatic rings. The van der Waals surface area contributed by atoms with E-state index in [0.717, 1.165) is 44.6 Å². The molecule has 0 aliphatic carbocycles. The molecule has 31 heavy (non-hydrogen) atoms. The number of unbranched alkanes of at least 4 members (excludes halogenated alkanes) is 1. The van der Waals surface area contributed by atoms with Crippen molar-refractivity contribution in [2.75, 3.05) is 23.3 Å². The summed E-state index contributed by atoms with van der Waals surface area (Å²) >= 11 is 0. The molecule has 3 aromatic carbocycles. The molecule has 4 nitrogen and oxygen atoms in total. The van der Waals surface area contributed by atoms with E-state index >= 15 is 0 Å². The Hall–Kier alpha value is -3.27. The lowest BCUT2D eigenvalue weighted by atomic mass is 9.94. The van der Waals surface area contributed by atoms with Gasteiger partial charge >= 0.3 is 6.03 Å². The molecule has 0 saturated carbocycles. The van der Waals surface area contributed by atoms with Gasteiger partial charge in [0, 0.05) is 31.0 Å². The fourth-order valence-corrected chi connectivity index (χ4v) is 4.35. The fourth-order valence-electron chi connectivity index (χ4n) is 4.35. The van der Waals surface area contributed by atoms with Gasteiger partial charge in [-0.15, -0.1) is 0 Å². The first kappa shape index (κ1) is 21.0. The zero-order valence-electron chi connectivity index (χ0n) is 18.2. The van der Waals surface area contributed by atoms with Crippen molar-refractivity contribution in [1.82, 2.24) is 4.90 Å². The Morgan fingerprint density at radius 2 is 1.65 bits per heavy atom. The van der Waals surface area contributed by atoms with Gasteiger partial charge in [0.1, 0.15) is 0 Å². The molecule has 1 N–H and O–H groups in total. The summed E-state index contributed by atoms with van der Waals surface area (Å²) in [5.41, 5.74) is 4.62. The smallest absolute Gasteiger partial charge is 0.322 e. The quantitative estimate of drug-likeness (QED) is 0.482. The lowest BCUT2D eigenvalue weighted by Gasteiger charge is -2.41. The van der Waals surface area contributed by atoms with Crippen molar-refractivity contribution in [3.8, 4) is 0 Å². The van der Waals surface area contributed by atoms with Gasteiger partial charge in [0.15, 0.2) is 0 Å². The van der Waals surface area contributed by atoms with E-state index in [1.54, 1.807) is 0 Å². The molecule has 0 fully saturated rings. The number of anilines is 2. The first-order valence-electron chi connectivity index (χ1n) is 11.3. The Labute approximate surface area is 185 Å². The summed E-state index contributed by atoms with van der Waals surface area (Å²) in [4.78, 5) is 17.8. The van der Waals surface area contributed by atoms with Crippen LogP contribution in [0.1, 0.15) is 43.4 Å². The Balaban J connectivity index is 1.59. The molecule has 0 saturated heterocycles. The normalized spacial score (nSPS) is 15.3. The minimum absolute atomic E-state index is 0.0176. The monoisotopic (exact) mass is 413 g/mol. The predicted octanol–water partition coefficient (Wildman–Crippen LogP) is 6.47. The number of carbonyl (C=O) groups is 1. The number of urea groups is 1. The number of hydrogen-bond donors (Lipinski definition) is 1. The van der Waals surface area contributed by atoms with Gasteiger partial charge in [0.05, 0.1) is 6.04 Å². The summed E-state index contributed by atoms with van der Waals surface area (Å²) in [5.74, 6) is 0. The van der Waals surface area contributed by atoms with E-state index in [9.17, 15) is 4.79 Å². The number of carbonyl (C=O) groups excluding carboxylic acids is 1. The molecule has 1 atom stereocenters. The second-order valence-electron chi connectivity index (χ2n) is 8.11. The number of nitrogens with one attached hydrogen (secondary N) is 1. The Kier molecular flexibility index (Phi) is 6.88. The molecule has 0 radical (unpaired) electrons. The molecule has 1 unspecified atom stereocenters. The minimum atomic E-state index is -0.0176. The SMILES string of the molecule is CCCCN(C(=O)Nc1ccccc1)C1CCN(Cc2ccccc2)c2ccccc21. The predicted molar refractivity (Wildman–Crippen MR) is 128 cm³/mol. The van der Waals surface area contributed by atoms with Crippen molar-refractivity contribution >= 4 is 17.4 Å². The Morgan fingerprint density at radius 3 is 2.39 bits per heavy atom. The molecular formula is C27H31N3O. The molecule has 4 rings (SSSR count). The highest BCUT2D eigenvalue weighted by atomic mass is 16.2. The van der Waals surface area contributed by atoms with Crippen LogP contribution in [-0.4, -0.2) is 24.0 Å². The summed E-state index contributed by atoms with van der Waals surface area (Å²) in [6.45, 7) is 4.74. The average Bonchev–Trinajstić information content (AvgIpc) is 2.82. The average molecular weight is 414 g/mol. The first-order chi connectivity index (χ1) is 15.3. The number of para-hydroxylation sites is 2. The summed E-state index contributed by atoms with van der Waals surface area (Å²) in [5, 5.41) is 3.10. The highest BCUT2D eigenvalue weighted by Crippen LogP contribution is 2.38. The zero-order valence-corrected chi connectivity index (χ0v) is 18.2. The fraction of sp³-hybridized carbons (Fsp3) is 0.296. The van der Waals surface area contributed by atoms with Crippen molar-refractivity contribution < 1.29 is 4.79 Å². The number of rotatable bonds is 7. The zero-order chi connectivity index (χ0) is 21.5. The number of nitrogens with zero attached hydrogens (tertiary/aromatic N) is 2. The molecule has 1 heterocycles. The van der Waals surface area contributed by atoms with Crippen LogP contribution < -0.4 is 10.2 Å². The van der Waals surface area contributed by atoms with Crippen molar-refractivity contribution in [3.63, 3.8) is 0 Å². The van der Waals surface area contributed by atoms with Gasteiger partial charge in [0.2, 0.25) is 0 Å². The number of fused-ring (bicyclic) bond motifs is 1. The number of amides is 2. The molecule has 2 amide bonds. The van der Waals surface area contributed by atoms with E-state index in [4.69, 9.17) is 0 Å². The van der Waals surface area contributed by atoms with Gasteiger partial charge in [-0.1, -0.05) is 80.1 Å². The van der Waals surface area contributed by atoms with Crippen LogP contribution in [0.2, 0.25) is 0 Å². The third kappa shape index (κ3) is 5.08. The molecule has 4 heteroatoms. The maximum atomic E-state index is 13.3. The van der Waals surface area contributed by atoms with Crippen LogP contribution in [-0.2, 0) is 6.54 Å². The topological polar surface area (TPSA) is 35.6 Å². The molecule has 1 aliphatic heterocycles. The van der Waals surface area contributed by atoms with Gasteiger partial charge in [-0.05, 0) is 42.2 Å². The van der Waals surface area contributed by atoms with E-state index in [1.165, 1.54) is 16.8 Å². The second kappa shape index (κ2) is 10.2. The van der Waals surface area contributed by atoms with Gasteiger partial charge in [0.25, 0.3) is 0 Å². The van der Waals surface area contributed by atoms with E-state index < -0.39 is 0 Å². The van der Waals surface area contributed by atoms with E-state index in [0.29, 0.717) is 0 Å². The molecular weight excluding hydrogens is 382 g/mol. The van der Waals surface area contributed by atoms with Crippen LogP contribution in [0.5, 0.6) is 0 Å². The van der Waals surface area contributed by atoms with Crippen LogP contribution in [0.25, 0.3) is 0 Å². The van der Waals surface area contributed by atoms with Crippen molar-refractivity contribution in [2.24, 2.45) is 0 Å². The largest absolute Gasteiger partial charge is 0.367 e. The summed E-state index contributed by atoms with van der Waals surface area (Å²) in [6, 6.07) is 29.0. The highest BCUT2D eigenvalue weighted by molar-refractivity contribution is 5.89. The second-order valence-corrected chi connectivity index (χ2v) is 8.11. The van der Waals surface area contributed by atoms with Crippen LogP contribution in [0.3, 0.4) is 0 Å². The third-order valence-corrected chi connectivity index (χ3v) is 5.94. The molecule has 160 valence electrons. The molecule has 3 aromatic rings. The lowest BCUT2D eigenvalue weighted by molar-refractivity contribution is 0.181.